The molecule has 9 heteroatoms. The third kappa shape index (κ3) is 8.16. The summed E-state index contributed by atoms with van der Waals surface area (Å²) in [6.07, 6.45) is 3.40. The maximum atomic E-state index is 12.3. The molecule has 2 aromatic carbocycles. The van der Waals surface area contributed by atoms with E-state index in [1.54, 1.807) is 48.8 Å². The number of rotatable bonds is 10. The lowest BCUT2D eigenvalue weighted by molar-refractivity contribution is -0.114. The lowest BCUT2D eigenvalue weighted by atomic mass is 10.2. The monoisotopic (exact) mass is 502 g/mol. The van der Waals surface area contributed by atoms with Gasteiger partial charge in [-0.1, -0.05) is 41.7 Å². The number of nitrogens with one attached hydrogen (secondary N) is 2. The van der Waals surface area contributed by atoms with Gasteiger partial charge in [0.1, 0.15) is 11.5 Å². The molecule has 176 valence electrons. The van der Waals surface area contributed by atoms with Crippen molar-refractivity contribution in [1.82, 2.24) is 9.97 Å². The molecule has 4 rings (SSSR count). The molecule has 0 spiro atoms. The van der Waals surface area contributed by atoms with Crippen molar-refractivity contribution in [2.24, 2.45) is 0 Å². The zero-order valence-corrected chi connectivity index (χ0v) is 20.2. The van der Waals surface area contributed by atoms with E-state index in [-0.39, 0.29) is 23.3 Å². The Morgan fingerprint density at radius 2 is 1.26 bits per heavy atom. The standard InChI is InChI=1S/C26H22N4O3S2/c31-23(17-34-25-8-1-3-14-27-25)29-19-10-12-21(13-11-19)33-22-7-5-6-20(16-22)30-24(32)18-35-26-9-2-4-15-28-26/h1-16H,17-18H2,(H,29,31)(H,30,32). The first-order valence-electron chi connectivity index (χ1n) is 10.7. The van der Waals surface area contributed by atoms with Crippen LogP contribution in [0.5, 0.6) is 11.5 Å². The van der Waals surface area contributed by atoms with E-state index in [9.17, 15) is 9.59 Å². The maximum absolute atomic E-state index is 12.3. The second-order valence-electron chi connectivity index (χ2n) is 7.16. The molecule has 2 heterocycles. The third-order valence-electron chi connectivity index (χ3n) is 4.47. The maximum Gasteiger partial charge on any atom is 0.234 e. The lowest BCUT2D eigenvalue weighted by Crippen LogP contribution is -2.14. The van der Waals surface area contributed by atoms with Crippen LogP contribution in [-0.2, 0) is 9.59 Å². The van der Waals surface area contributed by atoms with Crippen molar-refractivity contribution in [2.45, 2.75) is 10.1 Å². The van der Waals surface area contributed by atoms with Gasteiger partial charge in [-0.3, -0.25) is 9.59 Å². The minimum absolute atomic E-state index is 0.112. The number of anilines is 2. The van der Waals surface area contributed by atoms with Crippen LogP contribution in [0.3, 0.4) is 0 Å². The summed E-state index contributed by atoms with van der Waals surface area (Å²) in [6.45, 7) is 0. The quantitative estimate of drug-likeness (QED) is 0.268. The molecular formula is C26H22N4O3S2. The Bertz CT molecular complexity index is 1260. The van der Waals surface area contributed by atoms with Crippen molar-refractivity contribution in [3.8, 4) is 11.5 Å². The Hall–Kier alpha value is -3.82. The Morgan fingerprint density at radius 1 is 0.657 bits per heavy atom. The fourth-order valence-electron chi connectivity index (χ4n) is 2.92. The molecule has 0 aliphatic heterocycles. The van der Waals surface area contributed by atoms with Crippen LogP contribution in [-0.4, -0.2) is 33.3 Å². The van der Waals surface area contributed by atoms with Crippen LogP contribution in [0.25, 0.3) is 0 Å². The number of carbonyl (C=O) groups excluding carboxylic acids is 2. The molecule has 0 bridgehead atoms. The topological polar surface area (TPSA) is 93.2 Å². The first-order valence-corrected chi connectivity index (χ1v) is 12.7. The fraction of sp³-hybridized carbons (Fsp3) is 0.0769. The smallest absolute Gasteiger partial charge is 0.234 e. The summed E-state index contributed by atoms with van der Waals surface area (Å²) >= 11 is 2.75. The Labute approximate surface area is 211 Å². The first-order chi connectivity index (χ1) is 17.1. The number of amides is 2. The molecule has 0 fully saturated rings. The number of ether oxygens (including phenoxy) is 1. The van der Waals surface area contributed by atoms with Crippen LogP contribution in [0, 0.1) is 0 Å². The predicted octanol–water partition coefficient (Wildman–Crippen LogP) is 5.73. The summed E-state index contributed by atoms with van der Waals surface area (Å²) in [7, 11) is 0. The molecule has 0 aliphatic rings. The van der Waals surface area contributed by atoms with Gasteiger partial charge in [0.2, 0.25) is 11.8 Å². The molecular weight excluding hydrogens is 480 g/mol. The molecule has 35 heavy (non-hydrogen) atoms. The van der Waals surface area contributed by atoms with E-state index in [1.165, 1.54) is 23.5 Å². The number of carbonyl (C=O) groups is 2. The van der Waals surface area contributed by atoms with Gasteiger partial charge in [-0.05, 0) is 60.7 Å². The highest BCUT2D eigenvalue weighted by molar-refractivity contribution is 8.00. The Balaban J connectivity index is 1.25. The van der Waals surface area contributed by atoms with E-state index in [0.717, 1.165) is 10.1 Å². The van der Waals surface area contributed by atoms with E-state index in [1.807, 2.05) is 48.5 Å². The number of thioether (sulfide) groups is 2. The van der Waals surface area contributed by atoms with Gasteiger partial charge in [-0.15, -0.1) is 0 Å². The molecule has 0 radical (unpaired) electrons. The van der Waals surface area contributed by atoms with Crippen molar-refractivity contribution < 1.29 is 14.3 Å². The van der Waals surface area contributed by atoms with Crippen LogP contribution >= 0.6 is 23.5 Å². The SMILES string of the molecule is O=C(CSc1ccccn1)Nc1ccc(Oc2cccc(NC(=O)CSc3ccccn3)c2)cc1. The molecule has 2 N–H and O–H groups in total. The molecule has 7 nitrogen and oxygen atoms in total. The zero-order valence-electron chi connectivity index (χ0n) is 18.6. The Morgan fingerprint density at radius 3 is 1.83 bits per heavy atom. The average Bonchev–Trinajstić information content (AvgIpc) is 2.89. The zero-order chi connectivity index (χ0) is 24.3. The van der Waals surface area contributed by atoms with Gasteiger partial charge in [-0.25, -0.2) is 9.97 Å². The van der Waals surface area contributed by atoms with Crippen LogP contribution < -0.4 is 15.4 Å². The molecule has 0 unspecified atom stereocenters. The van der Waals surface area contributed by atoms with Crippen LogP contribution in [0.2, 0.25) is 0 Å². The molecule has 2 amide bonds. The highest BCUT2D eigenvalue weighted by Crippen LogP contribution is 2.26. The lowest BCUT2D eigenvalue weighted by Gasteiger charge is -2.10. The number of benzene rings is 2. The molecule has 0 aliphatic carbocycles. The van der Waals surface area contributed by atoms with Gasteiger partial charge < -0.3 is 15.4 Å². The number of aromatic nitrogens is 2. The molecule has 2 aromatic heterocycles. The second-order valence-corrected chi connectivity index (χ2v) is 9.16. The average molecular weight is 503 g/mol. The molecule has 4 aromatic rings. The largest absolute Gasteiger partial charge is 0.457 e. The van der Waals surface area contributed by atoms with Gasteiger partial charge in [0.15, 0.2) is 0 Å². The summed E-state index contributed by atoms with van der Waals surface area (Å²) in [5.41, 5.74) is 1.32. The van der Waals surface area contributed by atoms with Crippen molar-refractivity contribution in [3.05, 3.63) is 97.3 Å². The van der Waals surface area contributed by atoms with Gasteiger partial charge in [0, 0.05) is 29.8 Å². The first kappa shape index (κ1) is 24.3. The van der Waals surface area contributed by atoms with Crippen LogP contribution in [0.15, 0.2) is 107 Å². The van der Waals surface area contributed by atoms with Gasteiger partial charge in [-0.2, -0.15) is 0 Å². The van der Waals surface area contributed by atoms with Crippen molar-refractivity contribution in [1.29, 1.82) is 0 Å². The van der Waals surface area contributed by atoms with Gasteiger partial charge >= 0.3 is 0 Å². The normalized spacial score (nSPS) is 10.4. The highest BCUT2D eigenvalue weighted by atomic mass is 32.2. The van der Waals surface area contributed by atoms with Crippen molar-refractivity contribution in [2.75, 3.05) is 22.1 Å². The molecule has 0 saturated heterocycles. The molecule has 0 atom stereocenters. The van der Waals surface area contributed by atoms with E-state index < -0.39 is 0 Å². The number of hydrogen-bond donors (Lipinski definition) is 2. The number of hydrogen-bond acceptors (Lipinski definition) is 7. The van der Waals surface area contributed by atoms with E-state index in [2.05, 4.69) is 20.6 Å². The van der Waals surface area contributed by atoms with E-state index >= 15 is 0 Å². The Kier molecular flexibility index (Phi) is 8.74. The fourth-order valence-corrected chi connectivity index (χ4v) is 4.24. The third-order valence-corrected chi connectivity index (χ3v) is 6.36. The predicted molar refractivity (Wildman–Crippen MR) is 140 cm³/mol. The second kappa shape index (κ2) is 12.6. The van der Waals surface area contributed by atoms with Crippen LogP contribution in [0.4, 0.5) is 11.4 Å². The van der Waals surface area contributed by atoms with Crippen molar-refractivity contribution >= 4 is 46.7 Å². The van der Waals surface area contributed by atoms with Gasteiger partial charge in [0.05, 0.1) is 21.6 Å². The summed E-state index contributed by atoms with van der Waals surface area (Å²) in [5.74, 6) is 1.49. The number of nitrogens with zero attached hydrogens (tertiary/aromatic N) is 2. The van der Waals surface area contributed by atoms with E-state index in [4.69, 9.17) is 4.74 Å². The van der Waals surface area contributed by atoms with Crippen LogP contribution in [0.1, 0.15) is 0 Å². The van der Waals surface area contributed by atoms with Crippen molar-refractivity contribution in [3.63, 3.8) is 0 Å². The highest BCUT2D eigenvalue weighted by Gasteiger charge is 2.07. The summed E-state index contributed by atoms with van der Waals surface area (Å²) in [5, 5.41) is 7.33. The summed E-state index contributed by atoms with van der Waals surface area (Å²) < 4.78 is 5.90. The minimum Gasteiger partial charge on any atom is -0.457 e. The summed E-state index contributed by atoms with van der Waals surface area (Å²) in [6, 6.07) is 25.5. The molecule has 0 saturated carbocycles. The number of pyridine rings is 2. The van der Waals surface area contributed by atoms with E-state index in [0.29, 0.717) is 22.9 Å². The minimum atomic E-state index is -0.126. The van der Waals surface area contributed by atoms with Gasteiger partial charge in [0.25, 0.3) is 0 Å². The summed E-state index contributed by atoms with van der Waals surface area (Å²) in [4.78, 5) is 32.8.